The summed E-state index contributed by atoms with van der Waals surface area (Å²) in [5, 5.41) is 0. The molecule has 0 radical (unpaired) electrons. The van der Waals surface area contributed by atoms with E-state index in [-0.39, 0.29) is 5.78 Å². The first-order valence-electron chi connectivity index (χ1n) is 8.59. The van der Waals surface area contributed by atoms with E-state index in [1.807, 2.05) is 54.6 Å². The Morgan fingerprint density at radius 3 is 2.46 bits per heavy atom. The van der Waals surface area contributed by atoms with Gasteiger partial charge in [0.15, 0.2) is 17.3 Å². The summed E-state index contributed by atoms with van der Waals surface area (Å²) < 4.78 is 13.5. The van der Waals surface area contributed by atoms with Crippen LogP contribution in [0.15, 0.2) is 77.3 Å². The first kappa shape index (κ1) is 20.6. The van der Waals surface area contributed by atoms with E-state index in [0.29, 0.717) is 23.7 Å². The van der Waals surface area contributed by atoms with Crippen LogP contribution >= 0.6 is 38.5 Å². The number of carbonyl (C=O) groups excluding carboxylic acids is 1. The lowest BCUT2D eigenvalue weighted by Gasteiger charge is -2.14. The van der Waals surface area contributed by atoms with Gasteiger partial charge < -0.3 is 9.47 Å². The number of allylic oxidation sites excluding steroid dienone is 1. The van der Waals surface area contributed by atoms with Crippen LogP contribution in [0, 0.1) is 3.57 Å². The topological polar surface area (TPSA) is 35.5 Å². The maximum atomic E-state index is 12.3. The Kier molecular flexibility index (Phi) is 7.28. The van der Waals surface area contributed by atoms with E-state index < -0.39 is 0 Å². The van der Waals surface area contributed by atoms with Gasteiger partial charge in [-0.3, -0.25) is 4.79 Å². The van der Waals surface area contributed by atoms with Gasteiger partial charge in [0, 0.05) is 10.0 Å². The number of carbonyl (C=O) groups is 1. The van der Waals surface area contributed by atoms with Crippen molar-refractivity contribution in [2.75, 3.05) is 7.11 Å². The molecule has 0 aliphatic heterocycles. The van der Waals surface area contributed by atoms with Crippen molar-refractivity contribution in [1.29, 1.82) is 0 Å². The molecule has 0 spiro atoms. The number of methoxy groups -OCH3 is 1. The summed E-state index contributed by atoms with van der Waals surface area (Å²) in [6.07, 6.45) is 3.36. The van der Waals surface area contributed by atoms with Crippen molar-refractivity contribution in [1.82, 2.24) is 0 Å². The third kappa shape index (κ3) is 5.45. The van der Waals surface area contributed by atoms with Crippen LogP contribution in [0.25, 0.3) is 6.08 Å². The monoisotopic (exact) mass is 548 g/mol. The second-order valence-electron chi connectivity index (χ2n) is 6.01. The van der Waals surface area contributed by atoms with E-state index in [2.05, 4.69) is 38.5 Å². The molecule has 142 valence electrons. The molecule has 0 atom stereocenters. The number of halogens is 2. The number of ketones is 1. The fourth-order valence-electron chi connectivity index (χ4n) is 2.58. The molecule has 0 N–H and O–H groups in total. The van der Waals surface area contributed by atoms with E-state index >= 15 is 0 Å². The normalized spacial score (nSPS) is 10.8. The Bertz CT molecular complexity index is 983. The average Bonchev–Trinajstić information content (AvgIpc) is 2.72. The molecule has 3 nitrogen and oxygen atoms in total. The largest absolute Gasteiger partial charge is 0.493 e. The molecule has 0 saturated carbocycles. The highest BCUT2D eigenvalue weighted by Gasteiger charge is 2.11. The van der Waals surface area contributed by atoms with E-state index in [4.69, 9.17) is 9.47 Å². The van der Waals surface area contributed by atoms with Gasteiger partial charge in [0.1, 0.15) is 6.61 Å². The van der Waals surface area contributed by atoms with Crippen molar-refractivity contribution in [3.63, 3.8) is 0 Å². The van der Waals surface area contributed by atoms with Crippen LogP contribution in [-0.2, 0) is 6.61 Å². The standard InChI is InChI=1S/C23H18BrIO3/c1-27-22-14-17(9-12-21(26)18-5-3-2-4-6-18)13-20(25)23(22)28-15-16-7-10-19(24)11-8-16/h2-14H,15H2,1H3/b12-9+. The van der Waals surface area contributed by atoms with Gasteiger partial charge in [0.2, 0.25) is 0 Å². The van der Waals surface area contributed by atoms with Crippen LogP contribution in [0.2, 0.25) is 0 Å². The first-order chi connectivity index (χ1) is 13.6. The van der Waals surface area contributed by atoms with Crippen molar-refractivity contribution in [2.45, 2.75) is 6.61 Å². The van der Waals surface area contributed by atoms with Crippen LogP contribution in [0.5, 0.6) is 11.5 Å². The Balaban J connectivity index is 1.76. The van der Waals surface area contributed by atoms with Crippen LogP contribution in [0.3, 0.4) is 0 Å². The lowest BCUT2D eigenvalue weighted by Crippen LogP contribution is -2.00. The summed E-state index contributed by atoms with van der Waals surface area (Å²) in [5.41, 5.74) is 2.61. The predicted molar refractivity (Wildman–Crippen MR) is 124 cm³/mol. The molecule has 3 aromatic rings. The van der Waals surface area contributed by atoms with E-state index in [1.54, 1.807) is 31.4 Å². The quantitative estimate of drug-likeness (QED) is 0.191. The van der Waals surface area contributed by atoms with Gasteiger partial charge in [-0.25, -0.2) is 0 Å². The molecular weight excluding hydrogens is 531 g/mol. The van der Waals surface area contributed by atoms with Gasteiger partial charge >= 0.3 is 0 Å². The summed E-state index contributed by atoms with van der Waals surface area (Å²) >= 11 is 5.65. The van der Waals surface area contributed by atoms with Crippen molar-refractivity contribution >= 4 is 50.4 Å². The third-order valence-electron chi connectivity index (χ3n) is 4.03. The Labute approximate surface area is 186 Å². The zero-order valence-electron chi connectivity index (χ0n) is 15.2. The molecule has 0 bridgehead atoms. The van der Waals surface area contributed by atoms with Gasteiger partial charge in [0.05, 0.1) is 10.7 Å². The van der Waals surface area contributed by atoms with Crippen LogP contribution < -0.4 is 9.47 Å². The molecule has 0 aliphatic rings. The summed E-state index contributed by atoms with van der Waals surface area (Å²) in [6, 6.07) is 21.0. The third-order valence-corrected chi connectivity index (χ3v) is 5.36. The second kappa shape index (κ2) is 9.89. The number of ether oxygens (including phenoxy) is 2. The number of hydrogen-bond donors (Lipinski definition) is 0. The SMILES string of the molecule is COc1cc(/C=C/C(=O)c2ccccc2)cc(I)c1OCc1ccc(Br)cc1. The lowest BCUT2D eigenvalue weighted by atomic mass is 10.1. The number of rotatable bonds is 7. The Morgan fingerprint density at radius 1 is 1.07 bits per heavy atom. The maximum absolute atomic E-state index is 12.3. The van der Waals surface area contributed by atoms with Crippen molar-refractivity contribution in [2.24, 2.45) is 0 Å². The highest BCUT2D eigenvalue weighted by Crippen LogP contribution is 2.35. The van der Waals surface area contributed by atoms with E-state index in [9.17, 15) is 4.79 Å². The van der Waals surface area contributed by atoms with Gasteiger partial charge in [-0.15, -0.1) is 0 Å². The van der Waals surface area contributed by atoms with E-state index in [0.717, 1.165) is 19.2 Å². The van der Waals surface area contributed by atoms with Gasteiger partial charge in [-0.2, -0.15) is 0 Å². The molecule has 5 heteroatoms. The highest BCUT2D eigenvalue weighted by atomic mass is 127. The van der Waals surface area contributed by atoms with Crippen LogP contribution in [-0.4, -0.2) is 12.9 Å². The van der Waals surface area contributed by atoms with Gasteiger partial charge in [0.25, 0.3) is 0 Å². The fourth-order valence-corrected chi connectivity index (χ4v) is 3.63. The van der Waals surface area contributed by atoms with Crippen molar-refractivity contribution < 1.29 is 14.3 Å². The summed E-state index contributed by atoms with van der Waals surface area (Å²) in [6.45, 7) is 0.446. The molecule has 0 aliphatic carbocycles. The zero-order chi connectivity index (χ0) is 19.9. The predicted octanol–water partition coefficient (Wildman–Crippen LogP) is 6.54. The fraction of sp³-hybridized carbons (Fsp3) is 0.0870. The smallest absolute Gasteiger partial charge is 0.185 e. The molecule has 3 rings (SSSR count). The van der Waals surface area contributed by atoms with E-state index in [1.165, 1.54) is 0 Å². The zero-order valence-corrected chi connectivity index (χ0v) is 18.9. The molecule has 0 aromatic heterocycles. The van der Waals surface area contributed by atoms with Crippen molar-refractivity contribution in [3.8, 4) is 11.5 Å². The first-order valence-corrected chi connectivity index (χ1v) is 10.5. The number of benzene rings is 3. The van der Waals surface area contributed by atoms with Crippen molar-refractivity contribution in [3.05, 3.63) is 97.5 Å². The minimum Gasteiger partial charge on any atom is -0.493 e. The molecule has 0 heterocycles. The molecule has 28 heavy (non-hydrogen) atoms. The second-order valence-corrected chi connectivity index (χ2v) is 8.09. The van der Waals surface area contributed by atoms with Gasteiger partial charge in [-0.1, -0.05) is 64.5 Å². The van der Waals surface area contributed by atoms with Crippen LogP contribution in [0.1, 0.15) is 21.5 Å². The molecule has 0 saturated heterocycles. The molecular formula is C23H18BrIO3. The molecule has 0 fully saturated rings. The molecule has 0 unspecified atom stereocenters. The molecule has 0 amide bonds. The summed E-state index contributed by atoms with van der Waals surface area (Å²) in [5.74, 6) is 1.29. The summed E-state index contributed by atoms with van der Waals surface area (Å²) in [4.78, 5) is 12.3. The Hall–Kier alpha value is -2.12. The number of hydrogen-bond acceptors (Lipinski definition) is 3. The minimum atomic E-state index is -0.0369. The molecule has 3 aromatic carbocycles. The lowest BCUT2D eigenvalue weighted by molar-refractivity contribution is 0.104. The van der Waals surface area contributed by atoms with Gasteiger partial charge in [-0.05, 0) is 64.1 Å². The van der Waals surface area contributed by atoms with Crippen LogP contribution in [0.4, 0.5) is 0 Å². The Morgan fingerprint density at radius 2 is 1.79 bits per heavy atom. The maximum Gasteiger partial charge on any atom is 0.185 e. The minimum absolute atomic E-state index is 0.0369. The summed E-state index contributed by atoms with van der Waals surface area (Å²) in [7, 11) is 1.61. The highest BCUT2D eigenvalue weighted by molar-refractivity contribution is 14.1. The average molecular weight is 549 g/mol.